The fourth-order valence-electron chi connectivity index (χ4n) is 6.17. The van der Waals surface area contributed by atoms with Gasteiger partial charge in [-0.2, -0.15) is 9.97 Å². The Morgan fingerprint density at radius 2 is 1.76 bits per heavy atom. The molecule has 3 aliphatic rings. The average molecular weight is 581 g/mol. The van der Waals surface area contributed by atoms with E-state index in [4.69, 9.17) is 14.7 Å². The number of alkyl halides is 2. The molecule has 0 spiro atoms. The van der Waals surface area contributed by atoms with E-state index in [2.05, 4.69) is 22.4 Å². The third-order valence-electron chi connectivity index (χ3n) is 8.61. The highest BCUT2D eigenvalue weighted by Gasteiger charge is 2.34. The molecule has 0 saturated carbocycles. The van der Waals surface area contributed by atoms with Gasteiger partial charge in [0.15, 0.2) is 0 Å². The van der Waals surface area contributed by atoms with Crippen molar-refractivity contribution >= 4 is 22.3 Å². The van der Waals surface area contributed by atoms with Crippen LogP contribution in [0, 0.1) is 0 Å². The van der Waals surface area contributed by atoms with Gasteiger partial charge < -0.3 is 24.7 Å². The van der Waals surface area contributed by atoms with Crippen molar-refractivity contribution in [1.82, 2.24) is 19.8 Å². The minimum Gasteiger partial charge on any atom is -0.508 e. The normalized spacial score (nSPS) is 20.4. The van der Waals surface area contributed by atoms with Crippen molar-refractivity contribution in [2.24, 2.45) is 0 Å². The van der Waals surface area contributed by atoms with Gasteiger partial charge in [-0.3, -0.25) is 9.80 Å². The van der Waals surface area contributed by atoms with Crippen molar-refractivity contribution < 1.29 is 23.7 Å². The number of piperazine rings is 1. The lowest BCUT2D eigenvalue weighted by molar-refractivity contribution is -0.0565. The molecule has 2 fully saturated rings. The second kappa shape index (κ2) is 12.0. The molecule has 2 saturated heterocycles. The van der Waals surface area contributed by atoms with E-state index in [0.29, 0.717) is 59.0 Å². The zero-order valence-corrected chi connectivity index (χ0v) is 23.8. The molecule has 3 aliphatic heterocycles. The first-order chi connectivity index (χ1) is 20.3. The standard InChI is InChI=1S/C31H38F2N6O3/c1-2-28(41)37-13-15-38(16-14-37)29-25-7-10-39(27-20-23(40)19-22-5-3-4-6-24(22)27)21-26(25)34-30(35-29)42-18-17-36-11-8-31(32,33)9-12-36/h2-6,19-20,28,40-41H,1,7-18,21H2. The van der Waals surface area contributed by atoms with E-state index in [-0.39, 0.29) is 24.6 Å². The van der Waals surface area contributed by atoms with Crippen molar-refractivity contribution in [2.75, 3.05) is 68.8 Å². The molecule has 2 aromatic carbocycles. The molecule has 0 radical (unpaired) electrons. The van der Waals surface area contributed by atoms with Gasteiger partial charge in [0.2, 0.25) is 0 Å². The molecule has 6 rings (SSSR count). The van der Waals surface area contributed by atoms with Crippen LogP contribution in [0.15, 0.2) is 49.1 Å². The predicted octanol–water partition coefficient (Wildman–Crippen LogP) is 3.63. The average Bonchev–Trinajstić information content (AvgIpc) is 3.00. The monoisotopic (exact) mass is 580 g/mol. The molecule has 11 heteroatoms. The second-order valence-electron chi connectivity index (χ2n) is 11.3. The number of phenols is 1. The lowest BCUT2D eigenvalue weighted by atomic mass is 10.0. The summed E-state index contributed by atoms with van der Waals surface area (Å²) in [4.78, 5) is 18.1. The molecule has 1 aromatic heterocycles. The second-order valence-corrected chi connectivity index (χ2v) is 11.3. The minimum atomic E-state index is -2.58. The molecular weight excluding hydrogens is 542 g/mol. The van der Waals surface area contributed by atoms with E-state index >= 15 is 0 Å². The number of aromatic nitrogens is 2. The lowest BCUT2D eigenvalue weighted by Gasteiger charge is -2.39. The molecule has 42 heavy (non-hydrogen) atoms. The number of benzene rings is 2. The maximum atomic E-state index is 13.6. The number of ether oxygens (including phenoxy) is 1. The topological polar surface area (TPSA) is 88.4 Å². The molecule has 9 nitrogen and oxygen atoms in total. The Labute approximate surface area is 244 Å². The molecule has 0 amide bonds. The number of piperidine rings is 1. The molecule has 1 unspecified atom stereocenters. The molecule has 2 N–H and O–H groups in total. The van der Waals surface area contributed by atoms with Gasteiger partial charge in [0, 0.05) is 87.9 Å². The first-order valence-corrected chi connectivity index (χ1v) is 14.7. The Morgan fingerprint density at radius 3 is 2.52 bits per heavy atom. The van der Waals surface area contributed by atoms with Gasteiger partial charge in [-0.1, -0.05) is 30.8 Å². The van der Waals surface area contributed by atoms with Gasteiger partial charge in [-0.15, -0.1) is 0 Å². The van der Waals surface area contributed by atoms with Crippen molar-refractivity contribution in [3.63, 3.8) is 0 Å². The van der Waals surface area contributed by atoms with E-state index in [1.807, 2.05) is 28.0 Å². The summed E-state index contributed by atoms with van der Waals surface area (Å²) >= 11 is 0. The van der Waals surface area contributed by atoms with Crippen LogP contribution in [-0.2, 0) is 13.0 Å². The number of hydrogen-bond donors (Lipinski definition) is 2. The summed E-state index contributed by atoms with van der Waals surface area (Å²) in [6.45, 7) is 9.24. The zero-order valence-electron chi connectivity index (χ0n) is 23.8. The quantitative estimate of drug-likeness (QED) is 0.388. The van der Waals surface area contributed by atoms with Crippen LogP contribution >= 0.6 is 0 Å². The van der Waals surface area contributed by atoms with Gasteiger partial charge in [-0.05, 0) is 23.9 Å². The summed E-state index contributed by atoms with van der Waals surface area (Å²) < 4.78 is 33.2. The smallest absolute Gasteiger partial charge is 0.318 e. The zero-order chi connectivity index (χ0) is 29.3. The van der Waals surface area contributed by atoms with Crippen molar-refractivity contribution in [3.05, 3.63) is 60.3 Å². The molecule has 0 bridgehead atoms. The fraction of sp³-hybridized carbons (Fsp3) is 0.484. The van der Waals surface area contributed by atoms with Crippen molar-refractivity contribution in [2.45, 2.75) is 38.0 Å². The van der Waals surface area contributed by atoms with Crippen LogP contribution in [0.25, 0.3) is 10.8 Å². The number of hydrogen-bond acceptors (Lipinski definition) is 9. The predicted molar refractivity (Wildman–Crippen MR) is 159 cm³/mol. The van der Waals surface area contributed by atoms with Crippen LogP contribution in [0.1, 0.15) is 24.1 Å². The number of likely N-dealkylation sites (tertiary alicyclic amines) is 1. The third-order valence-corrected chi connectivity index (χ3v) is 8.61. The number of aromatic hydroxyl groups is 1. The van der Waals surface area contributed by atoms with Crippen LogP contribution in [-0.4, -0.2) is 101 Å². The number of fused-ring (bicyclic) bond motifs is 2. The Kier molecular flexibility index (Phi) is 8.15. The highest BCUT2D eigenvalue weighted by Crippen LogP contribution is 2.36. The number of phenolic OH excluding ortho intramolecular Hbond substituents is 1. The molecule has 3 aromatic rings. The number of nitrogens with zero attached hydrogens (tertiary/aromatic N) is 6. The number of halogens is 2. The van der Waals surface area contributed by atoms with Crippen LogP contribution in [0.2, 0.25) is 0 Å². The number of rotatable bonds is 8. The van der Waals surface area contributed by atoms with Crippen LogP contribution in [0.4, 0.5) is 20.3 Å². The van der Waals surface area contributed by atoms with E-state index in [0.717, 1.165) is 46.5 Å². The number of aliphatic hydroxyl groups excluding tert-OH is 1. The Hall–Kier alpha value is -3.54. The molecule has 4 heterocycles. The molecule has 0 aliphatic carbocycles. The van der Waals surface area contributed by atoms with Crippen molar-refractivity contribution in [3.8, 4) is 11.8 Å². The number of aliphatic hydroxyl groups is 1. The maximum absolute atomic E-state index is 13.6. The fourth-order valence-corrected chi connectivity index (χ4v) is 6.17. The summed E-state index contributed by atoms with van der Waals surface area (Å²) in [5, 5.41) is 22.7. The van der Waals surface area contributed by atoms with Gasteiger partial charge in [0.05, 0.1) is 12.2 Å². The Bertz CT molecular complexity index is 1420. The van der Waals surface area contributed by atoms with Gasteiger partial charge >= 0.3 is 6.01 Å². The highest BCUT2D eigenvalue weighted by atomic mass is 19.3. The largest absolute Gasteiger partial charge is 0.508 e. The summed E-state index contributed by atoms with van der Waals surface area (Å²) in [6, 6.07) is 11.9. The summed E-state index contributed by atoms with van der Waals surface area (Å²) in [5.41, 5.74) is 2.91. The first-order valence-electron chi connectivity index (χ1n) is 14.7. The third kappa shape index (κ3) is 6.13. The number of anilines is 2. The highest BCUT2D eigenvalue weighted by molar-refractivity contribution is 5.95. The van der Waals surface area contributed by atoms with E-state index in [1.54, 1.807) is 12.1 Å². The molecule has 224 valence electrons. The summed E-state index contributed by atoms with van der Waals surface area (Å²) in [5.74, 6) is -1.51. The molecule has 1 atom stereocenters. The van der Waals surface area contributed by atoms with Crippen LogP contribution < -0.4 is 14.5 Å². The van der Waals surface area contributed by atoms with Gasteiger partial charge in [-0.25, -0.2) is 8.78 Å². The van der Waals surface area contributed by atoms with Gasteiger partial charge in [0.1, 0.15) is 24.4 Å². The van der Waals surface area contributed by atoms with E-state index in [1.165, 1.54) is 6.08 Å². The maximum Gasteiger partial charge on any atom is 0.318 e. The Balaban J connectivity index is 1.24. The van der Waals surface area contributed by atoms with E-state index in [9.17, 15) is 19.0 Å². The summed E-state index contributed by atoms with van der Waals surface area (Å²) in [7, 11) is 0. The van der Waals surface area contributed by atoms with Crippen LogP contribution in [0.5, 0.6) is 11.8 Å². The van der Waals surface area contributed by atoms with Gasteiger partial charge in [0.25, 0.3) is 5.92 Å². The van der Waals surface area contributed by atoms with E-state index < -0.39 is 12.2 Å². The van der Waals surface area contributed by atoms with Crippen LogP contribution in [0.3, 0.4) is 0 Å². The molecular formula is C31H38F2N6O3. The summed E-state index contributed by atoms with van der Waals surface area (Å²) in [6.07, 6.45) is 1.34. The minimum absolute atomic E-state index is 0.126. The Morgan fingerprint density at radius 1 is 1.00 bits per heavy atom. The lowest BCUT2D eigenvalue weighted by Crippen LogP contribution is -2.50. The van der Waals surface area contributed by atoms with Crippen molar-refractivity contribution in [1.29, 1.82) is 0 Å². The SMILES string of the molecule is C=CC(O)N1CCN(c2nc(OCCN3CCC(F)(F)CC3)nc3c2CCN(c2cc(O)cc4ccccc24)C3)CC1. The first kappa shape index (κ1) is 28.6.